The Morgan fingerprint density at radius 1 is 1.35 bits per heavy atom. The average molecular weight is 298 g/mol. The summed E-state index contributed by atoms with van der Waals surface area (Å²) >= 11 is 0. The second kappa shape index (κ2) is 6.56. The van der Waals surface area contributed by atoms with E-state index in [2.05, 4.69) is 5.32 Å². The number of benzene rings is 1. The van der Waals surface area contributed by atoms with Crippen molar-refractivity contribution in [3.8, 4) is 5.75 Å². The third-order valence-corrected chi connectivity index (χ3v) is 5.37. The van der Waals surface area contributed by atoms with E-state index in [-0.39, 0.29) is 6.04 Å². The van der Waals surface area contributed by atoms with E-state index in [1.165, 1.54) is 4.31 Å². The fourth-order valence-corrected chi connectivity index (χ4v) is 3.76. The molecule has 1 aliphatic heterocycles. The van der Waals surface area contributed by atoms with Crippen LogP contribution in [-0.4, -0.2) is 45.5 Å². The van der Waals surface area contributed by atoms with Crippen molar-refractivity contribution < 1.29 is 13.2 Å². The molecule has 0 aliphatic carbocycles. The molecule has 0 radical (unpaired) electrons. The Balaban J connectivity index is 2.10. The molecule has 0 bridgehead atoms. The Kier molecular flexibility index (Phi) is 5.01. The standard InChI is InChI=1S/C14H22N2O3S/c1-3-10-19-13-4-6-14(7-5-13)20(17,18)16-9-8-12(11-16)15-2/h4-7,12,15H,3,8-11H2,1-2H3. The topological polar surface area (TPSA) is 58.6 Å². The Bertz CT molecular complexity index is 528. The second-order valence-corrected chi connectivity index (χ2v) is 6.90. The van der Waals surface area contributed by atoms with Gasteiger partial charge in [0.05, 0.1) is 11.5 Å². The van der Waals surface area contributed by atoms with Gasteiger partial charge in [0.25, 0.3) is 0 Å². The highest BCUT2D eigenvalue weighted by Gasteiger charge is 2.31. The number of ether oxygens (including phenoxy) is 1. The molecule has 5 nitrogen and oxygen atoms in total. The van der Waals surface area contributed by atoms with Crippen molar-refractivity contribution in [1.29, 1.82) is 0 Å². The Morgan fingerprint density at radius 2 is 2.05 bits per heavy atom. The van der Waals surface area contributed by atoms with Crippen molar-refractivity contribution in [2.75, 3.05) is 26.7 Å². The number of rotatable bonds is 6. The molecule has 1 aromatic rings. The molecule has 0 saturated carbocycles. The second-order valence-electron chi connectivity index (χ2n) is 4.96. The lowest BCUT2D eigenvalue weighted by molar-refractivity contribution is 0.317. The maximum Gasteiger partial charge on any atom is 0.243 e. The van der Waals surface area contributed by atoms with Crippen molar-refractivity contribution >= 4 is 10.0 Å². The predicted molar refractivity (Wildman–Crippen MR) is 78.5 cm³/mol. The van der Waals surface area contributed by atoms with Crippen LogP contribution in [0.2, 0.25) is 0 Å². The van der Waals surface area contributed by atoms with E-state index in [1.54, 1.807) is 24.3 Å². The van der Waals surface area contributed by atoms with E-state index in [0.717, 1.165) is 12.8 Å². The molecule has 1 unspecified atom stereocenters. The highest BCUT2D eigenvalue weighted by Crippen LogP contribution is 2.23. The molecule has 1 aromatic carbocycles. The van der Waals surface area contributed by atoms with Crippen LogP contribution < -0.4 is 10.1 Å². The van der Waals surface area contributed by atoms with Gasteiger partial charge in [-0.25, -0.2) is 8.42 Å². The van der Waals surface area contributed by atoms with Crippen LogP contribution in [-0.2, 0) is 10.0 Å². The number of nitrogens with zero attached hydrogens (tertiary/aromatic N) is 1. The number of hydrogen-bond donors (Lipinski definition) is 1. The van der Waals surface area contributed by atoms with Crippen LogP contribution in [0.1, 0.15) is 19.8 Å². The van der Waals surface area contributed by atoms with E-state index in [9.17, 15) is 8.42 Å². The van der Waals surface area contributed by atoms with Crippen molar-refractivity contribution in [3.63, 3.8) is 0 Å². The molecular weight excluding hydrogens is 276 g/mol. The number of likely N-dealkylation sites (N-methyl/N-ethyl adjacent to an activating group) is 1. The summed E-state index contributed by atoms with van der Waals surface area (Å²) in [5, 5.41) is 3.12. The molecule has 0 amide bonds. The van der Waals surface area contributed by atoms with Crippen molar-refractivity contribution in [2.24, 2.45) is 0 Å². The molecule has 0 spiro atoms. The molecule has 1 heterocycles. The number of sulfonamides is 1. The summed E-state index contributed by atoms with van der Waals surface area (Å²) in [6.07, 6.45) is 1.78. The first-order valence-corrected chi connectivity index (χ1v) is 8.42. The van der Waals surface area contributed by atoms with Crippen molar-refractivity contribution in [1.82, 2.24) is 9.62 Å². The van der Waals surface area contributed by atoms with E-state index in [4.69, 9.17) is 4.74 Å². The molecule has 0 aromatic heterocycles. The van der Waals surface area contributed by atoms with Gasteiger partial charge in [-0.2, -0.15) is 4.31 Å². The molecule has 1 fully saturated rings. The van der Waals surface area contributed by atoms with Gasteiger partial charge < -0.3 is 10.1 Å². The van der Waals surface area contributed by atoms with E-state index < -0.39 is 10.0 Å². The summed E-state index contributed by atoms with van der Waals surface area (Å²) in [6, 6.07) is 6.92. The van der Waals surface area contributed by atoms with Crippen LogP contribution in [0, 0.1) is 0 Å². The van der Waals surface area contributed by atoms with Crippen LogP contribution in [0.5, 0.6) is 5.75 Å². The molecular formula is C14H22N2O3S. The van der Waals surface area contributed by atoms with Crippen LogP contribution in [0.4, 0.5) is 0 Å². The maximum atomic E-state index is 12.5. The minimum atomic E-state index is -3.38. The summed E-state index contributed by atoms with van der Waals surface area (Å²) in [4.78, 5) is 0.332. The zero-order valence-electron chi connectivity index (χ0n) is 12.0. The minimum absolute atomic E-state index is 0.247. The third-order valence-electron chi connectivity index (χ3n) is 3.49. The van der Waals surface area contributed by atoms with Crippen LogP contribution in [0.3, 0.4) is 0 Å². The SMILES string of the molecule is CCCOc1ccc(S(=O)(=O)N2CCC(NC)C2)cc1. The van der Waals surface area contributed by atoms with Gasteiger partial charge in [0.15, 0.2) is 0 Å². The molecule has 112 valence electrons. The van der Waals surface area contributed by atoms with Gasteiger partial charge in [-0.05, 0) is 44.2 Å². The van der Waals surface area contributed by atoms with Crippen LogP contribution in [0.25, 0.3) is 0 Å². The first-order valence-electron chi connectivity index (χ1n) is 6.98. The summed E-state index contributed by atoms with van der Waals surface area (Å²) in [6.45, 7) is 3.78. The normalized spacial score (nSPS) is 20.2. The molecule has 6 heteroatoms. The van der Waals surface area contributed by atoms with Gasteiger partial charge in [0, 0.05) is 19.1 Å². The maximum absolute atomic E-state index is 12.5. The zero-order valence-corrected chi connectivity index (χ0v) is 12.8. The van der Waals surface area contributed by atoms with Crippen molar-refractivity contribution in [3.05, 3.63) is 24.3 Å². The van der Waals surface area contributed by atoms with Crippen LogP contribution in [0.15, 0.2) is 29.2 Å². The van der Waals surface area contributed by atoms with Gasteiger partial charge in [-0.1, -0.05) is 6.92 Å². The number of hydrogen-bond acceptors (Lipinski definition) is 4. The quantitative estimate of drug-likeness (QED) is 0.864. The van der Waals surface area contributed by atoms with Gasteiger partial charge in [0.2, 0.25) is 10.0 Å². The number of nitrogens with one attached hydrogen (secondary N) is 1. The summed E-state index contributed by atoms with van der Waals surface area (Å²) < 4.78 is 32.0. The predicted octanol–water partition coefficient (Wildman–Crippen LogP) is 1.46. The monoisotopic (exact) mass is 298 g/mol. The Labute approximate surface area is 121 Å². The smallest absolute Gasteiger partial charge is 0.243 e. The highest BCUT2D eigenvalue weighted by atomic mass is 32.2. The molecule has 2 rings (SSSR count). The summed E-state index contributed by atoms with van der Waals surface area (Å²) in [5.41, 5.74) is 0. The van der Waals surface area contributed by atoms with Gasteiger partial charge in [-0.15, -0.1) is 0 Å². The fraction of sp³-hybridized carbons (Fsp3) is 0.571. The lowest BCUT2D eigenvalue weighted by atomic mass is 10.3. The van der Waals surface area contributed by atoms with Gasteiger partial charge in [-0.3, -0.25) is 0 Å². The Morgan fingerprint density at radius 3 is 2.60 bits per heavy atom. The molecule has 20 heavy (non-hydrogen) atoms. The third kappa shape index (κ3) is 3.31. The van der Waals surface area contributed by atoms with Gasteiger partial charge in [0.1, 0.15) is 5.75 Å². The Hall–Kier alpha value is -1.11. The van der Waals surface area contributed by atoms with Crippen LogP contribution >= 0.6 is 0 Å². The lowest BCUT2D eigenvalue weighted by Gasteiger charge is -2.16. The van der Waals surface area contributed by atoms with E-state index in [1.807, 2.05) is 14.0 Å². The highest BCUT2D eigenvalue weighted by molar-refractivity contribution is 7.89. The molecule has 1 aliphatic rings. The zero-order chi connectivity index (χ0) is 14.6. The van der Waals surface area contributed by atoms with E-state index in [0.29, 0.717) is 30.3 Å². The molecule has 1 atom stereocenters. The summed E-state index contributed by atoms with van der Waals surface area (Å²) in [5.74, 6) is 0.709. The van der Waals surface area contributed by atoms with Crippen molar-refractivity contribution in [2.45, 2.75) is 30.7 Å². The molecule has 1 N–H and O–H groups in total. The van der Waals surface area contributed by atoms with Gasteiger partial charge >= 0.3 is 0 Å². The average Bonchev–Trinajstić information content (AvgIpc) is 2.95. The summed E-state index contributed by atoms with van der Waals surface area (Å²) in [7, 11) is -1.52. The first kappa shape index (κ1) is 15.3. The first-order chi connectivity index (χ1) is 9.57. The lowest BCUT2D eigenvalue weighted by Crippen LogP contribution is -2.33. The van der Waals surface area contributed by atoms with E-state index >= 15 is 0 Å². The molecule has 1 saturated heterocycles. The fourth-order valence-electron chi connectivity index (χ4n) is 2.26. The minimum Gasteiger partial charge on any atom is -0.494 e. The largest absolute Gasteiger partial charge is 0.494 e.